The average molecular weight is 476 g/mol. The van der Waals surface area contributed by atoms with Crippen molar-refractivity contribution in [2.45, 2.75) is 53.4 Å². The number of carbonyl (C=O) groups is 4. The molecule has 9 heteroatoms. The van der Waals surface area contributed by atoms with Gasteiger partial charge in [0, 0.05) is 44.9 Å². The molecule has 0 aromatic carbocycles. The molecule has 0 N–H and O–H groups in total. The Balaban J connectivity index is -0.0000000533. The second-order valence-corrected chi connectivity index (χ2v) is 2.90. The molecule has 0 heterocycles. The topological polar surface area (TPSA) is 161 Å². The molecule has 0 aliphatic rings. The molecule has 0 saturated heterocycles. The van der Waals surface area contributed by atoms with Gasteiger partial charge in [0.1, 0.15) is 0 Å². The fourth-order valence-corrected chi connectivity index (χ4v) is 0. The van der Waals surface area contributed by atoms with Crippen LogP contribution in [0.2, 0.25) is 0 Å². The first-order valence-electron chi connectivity index (χ1n) is 5.88. The number of hydrogen-bond acceptors (Lipinski definition) is 8. The fraction of sp³-hybridized carbons (Fsp3) is 0.667. The number of carbonyl (C=O) groups excluding carboxylic acids is 4. The molecule has 0 aromatic rings. The van der Waals surface area contributed by atoms with Crippen LogP contribution in [0.1, 0.15) is 53.4 Å². The van der Waals surface area contributed by atoms with Crippen molar-refractivity contribution in [3.63, 3.8) is 0 Å². The summed E-state index contributed by atoms with van der Waals surface area (Å²) in [6.45, 7) is 6.15. The van der Waals surface area contributed by atoms with Crippen molar-refractivity contribution in [1.29, 1.82) is 0 Å². The van der Waals surface area contributed by atoms with Crippen LogP contribution in [0.4, 0.5) is 0 Å². The summed E-state index contributed by atoms with van der Waals surface area (Å²) in [6, 6.07) is 0. The Morgan fingerprint density at radius 3 is 0.571 bits per heavy atom. The van der Waals surface area contributed by atoms with E-state index in [2.05, 4.69) is 0 Å². The number of rotatable bonds is 4. The molecule has 0 amide bonds. The zero-order chi connectivity index (χ0) is 17.1. The third kappa shape index (κ3) is 118. The van der Waals surface area contributed by atoms with Gasteiger partial charge in [0.2, 0.25) is 0 Å². The maximum Gasteiger partial charge on any atom is 0.0411 e. The second kappa shape index (κ2) is 27.0. The van der Waals surface area contributed by atoms with Gasteiger partial charge in [-0.2, -0.15) is 0 Å². The van der Waals surface area contributed by atoms with Crippen LogP contribution in [0.5, 0.6) is 0 Å². The van der Waals surface area contributed by atoms with Crippen LogP contribution in [-0.2, 0) is 40.2 Å². The van der Waals surface area contributed by atoms with E-state index in [4.69, 9.17) is 0 Å². The second-order valence-electron chi connectivity index (χ2n) is 2.90. The molecular formula is C12H20O8W-4. The minimum atomic E-state index is -0.995. The van der Waals surface area contributed by atoms with Gasteiger partial charge in [-0.1, -0.05) is 27.7 Å². The van der Waals surface area contributed by atoms with Crippen molar-refractivity contribution in [3.8, 4) is 0 Å². The Morgan fingerprint density at radius 2 is 0.571 bits per heavy atom. The van der Waals surface area contributed by atoms with Crippen molar-refractivity contribution in [3.05, 3.63) is 0 Å². The average Bonchev–Trinajstić information content (AvgIpc) is 2.40. The van der Waals surface area contributed by atoms with Crippen molar-refractivity contribution in [1.82, 2.24) is 0 Å². The van der Waals surface area contributed by atoms with Gasteiger partial charge in [-0.15, -0.1) is 0 Å². The molecule has 8 nitrogen and oxygen atoms in total. The van der Waals surface area contributed by atoms with Crippen LogP contribution in [0.25, 0.3) is 0 Å². The monoisotopic (exact) mass is 476 g/mol. The number of hydrogen-bond donors (Lipinski definition) is 0. The Kier molecular flexibility index (Phi) is 40.9. The standard InChI is InChI=1S/4C3H6O2.W/c4*1-2-3(4)5;/h4*2H2,1H3,(H,4,5);/p-4. The molecule has 0 aromatic heterocycles. The molecule has 0 saturated carbocycles. The zero-order valence-electron chi connectivity index (χ0n) is 12.5. The quantitative estimate of drug-likeness (QED) is 0.406. The van der Waals surface area contributed by atoms with Crippen molar-refractivity contribution >= 4 is 23.9 Å². The van der Waals surface area contributed by atoms with Crippen molar-refractivity contribution < 1.29 is 60.7 Å². The Hall–Kier alpha value is -1.43. The first-order valence-corrected chi connectivity index (χ1v) is 5.88. The summed E-state index contributed by atoms with van der Waals surface area (Å²) >= 11 is 0. The molecule has 0 spiro atoms. The molecular weight excluding hydrogens is 456 g/mol. The largest absolute Gasteiger partial charge is 0.550 e. The fourth-order valence-electron chi connectivity index (χ4n) is 0. The minimum absolute atomic E-state index is 0. The van der Waals surface area contributed by atoms with E-state index < -0.39 is 23.9 Å². The summed E-state index contributed by atoms with van der Waals surface area (Å²) in [6.07, 6.45) is 0.444. The Bertz CT molecular complexity index is 222. The van der Waals surface area contributed by atoms with Crippen LogP contribution in [-0.4, -0.2) is 23.9 Å². The normalized spacial score (nSPS) is 7.05. The zero-order valence-corrected chi connectivity index (χ0v) is 15.4. The van der Waals surface area contributed by atoms with Crippen LogP contribution >= 0.6 is 0 Å². The van der Waals surface area contributed by atoms with E-state index in [0.717, 1.165) is 0 Å². The third-order valence-corrected chi connectivity index (χ3v) is 1.15. The van der Waals surface area contributed by atoms with Gasteiger partial charge in [-0.05, 0) is 25.7 Å². The predicted octanol–water partition coefficient (Wildman–Crippen LogP) is -3.42. The van der Waals surface area contributed by atoms with E-state index in [9.17, 15) is 39.6 Å². The number of carboxylic acids is 4. The predicted molar refractivity (Wildman–Crippen MR) is 61.2 cm³/mol. The molecule has 0 atom stereocenters. The molecule has 0 rings (SSSR count). The Morgan fingerprint density at radius 1 is 0.524 bits per heavy atom. The first kappa shape index (κ1) is 31.8. The molecule has 0 aliphatic carbocycles. The summed E-state index contributed by atoms with van der Waals surface area (Å²) in [5, 5.41) is 37.0. The summed E-state index contributed by atoms with van der Waals surface area (Å²) < 4.78 is 0. The molecule has 21 heavy (non-hydrogen) atoms. The molecule has 0 bridgehead atoms. The Labute approximate surface area is 138 Å². The molecule has 126 valence electrons. The van der Waals surface area contributed by atoms with E-state index in [-0.39, 0.29) is 46.7 Å². The smallest absolute Gasteiger partial charge is 0.0411 e. The SMILES string of the molecule is CCC(=O)[O-].CCC(=O)[O-].CCC(=O)[O-].CCC(=O)[O-].[W]. The van der Waals surface area contributed by atoms with E-state index >= 15 is 0 Å². The minimum Gasteiger partial charge on any atom is -0.550 e. The molecule has 0 aliphatic heterocycles. The molecule has 0 fully saturated rings. The third-order valence-electron chi connectivity index (χ3n) is 1.15. The maximum atomic E-state index is 9.26. The van der Waals surface area contributed by atoms with E-state index in [1.165, 1.54) is 27.7 Å². The van der Waals surface area contributed by atoms with E-state index in [1.807, 2.05) is 0 Å². The van der Waals surface area contributed by atoms with Crippen LogP contribution in [0.3, 0.4) is 0 Å². The van der Waals surface area contributed by atoms with Gasteiger partial charge in [-0.25, -0.2) is 0 Å². The summed E-state index contributed by atoms with van der Waals surface area (Å²) in [4.78, 5) is 37.0. The van der Waals surface area contributed by atoms with E-state index in [0.29, 0.717) is 0 Å². The summed E-state index contributed by atoms with van der Waals surface area (Å²) in [5.74, 6) is -3.98. The molecule has 0 radical (unpaired) electrons. The summed E-state index contributed by atoms with van der Waals surface area (Å²) in [7, 11) is 0. The van der Waals surface area contributed by atoms with Gasteiger partial charge >= 0.3 is 0 Å². The summed E-state index contributed by atoms with van der Waals surface area (Å²) in [5.41, 5.74) is 0. The number of carboxylic acid groups (broad SMARTS) is 4. The van der Waals surface area contributed by atoms with Crippen LogP contribution in [0.15, 0.2) is 0 Å². The van der Waals surface area contributed by atoms with Crippen molar-refractivity contribution in [2.75, 3.05) is 0 Å². The van der Waals surface area contributed by atoms with Gasteiger partial charge in [-0.3, -0.25) is 0 Å². The first-order chi connectivity index (χ1) is 9.08. The van der Waals surface area contributed by atoms with Crippen LogP contribution in [0, 0.1) is 0 Å². The van der Waals surface area contributed by atoms with E-state index in [1.54, 1.807) is 0 Å². The van der Waals surface area contributed by atoms with Gasteiger partial charge in [0.15, 0.2) is 0 Å². The van der Waals surface area contributed by atoms with Gasteiger partial charge in [0.05, 0.1) is 0 Å². The van der Waals surface area contributed by atoms with Gasteiger partial charge < -0.3 is 39.6 Å². The maximum absolute atomic E-state index is 9.26. The van der Waals surface area contributed by atoms with Gasteiger partial charge in [0.25, 0.3) is 0 Å². The number of aliphatic carboxylic acids is 4. The van der Waals surface area contributed by atoms with Crippen molar-refractivity contribution in [2.24, 2.45) is 0 Å². The molecule has 0 unspecified atom stereocenters. The van der Waals surface area contributed by atoms with Crippen LogP contribution < -0.4 is 20.4 Å².